The van der Waals surface area contributed by atoms with Gasteiger partial charge in [-0.3, -0.25) is 10.2 Å². The molecule has 2 N–H and O–H groups in total. The van der Waals surface area contributed by atoms with E-state index in [1.54, 1.807) is 6.92 Å². The van der Waals surface area contributed by atoms with Crippen LogP contribution >= 0.6 is 0 Å². The van der Waals surface area contributed by atoms with Crippen molar-refractivity contribution in [2.45, 2.75) is 19.5 Å². The largest absolute Gasteiger partial charge is 0.465 e. The predicted octanol–water partition coefficient (Wildman–Crippen LogP) is 1.95. The van der Waals surface area contributed by atoms with Gasteiger partial charge in [-0.05, 0) is 6.92 Å². The lowest BCUT2D eigenvalue weighted by molar-refractivity contribution is -0.141. The summed E-state index contributed by atoms with van der Waals surface area (Å²) in [7, 11) is 0. The van der Waals surface area contributed by atoms with Crippen LogP contribution in [0.15, 0.2) is 16.8 Å². The summed E-state index contributed by atoms with van der Waals surface area (Å²) in [5.41, 5.74) is 0. The van der Waals surface area contributed by atoms with Crippen LogP contribution < -0.4 is 5.32 Å². The third kappa shape index (κ3) is 4.04. The SMILES string of the molecule is CCOC(=O)CNC(=N)CC1C(F)=C(F)N=C(F)C1F. The van der Waals surface area contributed by atoms with Crippen molar-refractivity contribution in [3.63, 3.8) is 0 Å². The van der Waals surface area contributed by atoms with E-state index in [0.717, 1.165) is 0 Å². The van der Waals surface area contributed by atoms with E-state index in [2.05, 4.69) is 15.0 Å². The van der Waals surface area contributed by atoms with Crippen molar-refractivity contribution in [3.05, 3.63) is 11.8 Å². The molecule has 1 heterocycles. The average Bonchev–Trinajstić information content (AvgIpc) is 2.39. The fraction of sp³-hybridized carbons (Fsp3) is 0.545. The summed E-state index contributed by atoms with van der Waals surface area (Å²) in [4.78, 5) is 13.4. The van der Waals surface area contributed by atoms with E-state index < -0.39 is 48.1 Å². The second kappa shape index (κ2) is 7.01. The van der Waals surface area contributed by atoms with Crippen molar-refractivity contribution in [3.8, 4) is 0 Å². The van der Waals surface area contributed by atoms with Gasteiger partial charge in [0.1, 0.15) is 6.54 Å². The summed E-state index contributed by atoms with van der Waals surface area (Å²) in [6.45, 7) is 1.36. The normalized spacial score (nSPS) is 22.4. The number of ether oxygens (including phenoxy) is 1. The summed E-state index contributed by atoms with van der Waals surface area (Å²) in [5.74, 6) is -7.88. The zero-order valence-electron chi connectivity index (χ0n) is 10.6. The van der Waals surface area contributed by atoms with E-state index >= 15 is 0 Å². The van der Waals surface area contributed by atoms with Gasteiger partial charge in [0, 0.05) is 6.42 Å². The lowest BCUT2D eigenvalue weighted by Crippen LogP contribution is -2.35. The van der Waals surface area contributed by atoms with Gasteiger partial charge < -0.3 is 10.1 Å². The number of rotatable bonds is 5. The second-order valence-corrected chi connectivity index (χ2v) is 3.92. The molecule has 112 valence electrons. The highest BCUT2D eigenvalue weighted by Crippen LogP contribution is 2.32. The average molecular weight is 295 g/mol. The fourth-order valence-electron chi connectivity index (χ4n) is 1.53. The molecule has 2 atom stereocenters. The molecule has 0 spiro atoms. The molecule has 9 heteroatoms. The molecular weight excluding hydrogens is 282 g/mol. The highest BCUT2D eigenvalue weighted by Gasteiger charge is 2.37. The number of hydrogen-bond acceptors (Lipinski definition) is 4. The van der Waals surface area contributed by atoms with Crippen LogP contribution in [0.3, 0.4) is 0 Å². The Balaban J connectivity index is 2.57. The number of amidine groups is 1. The van der Waals surface area contributed by atoms with Crippen LogP contribution in [0.25, 0.3) is 0 Å². The van der Waals surface area contributed by atoms with Crippen LogP contribution in [-0.4, -0.2) is 37.1 Å². The first-order valence-electron chi connectivity index (χ1n) is 5.77. The van der Waals surface area contributed by atoms with Gasteiger partial charge >= 0.3 is 5.97 Å². The van der Waals surface area contributed by atoms with E-state index in [1.807, 2.05) is 0 Å². The van der Waals surface area contributed by atoms with Gasteiger partial charge in [-0.15, -0.1) is 0 Å². The molecule has 0 aromatic carbocycles. The molecule has 5 nitrogen and oxygen atoms in total. The van der Waals surface area contributed by atoms with Gasteiger partial charge in [-0.25, -0.2) is 8.78 Å². The number of carbonyl (C=O) groups excluding carboxylic acids is 1. The minimum absolute atomic E-state index is 0.146. The third-order valence-electron chi connectivity index (χ3n) is 2.48. The van der Waals surface area contributed by atoms with E-state index in [0.29, 0.717) is 0 Å². The Morgan fingerprint density at radius 2 is 2.10 bits per heavy atom. The Labute approximate surface area is 112 Å². The summed E-state index contributed by atoms with van der Waals surface area (Å²) >= 11 is 0. The number of nitrogens with zero attached hydrogens (tertiary/aromatic N) is 1. The summed E-state index contributed by atoms with van der Waals surface area (Å²) < 4.78 is 57.0. The van der Waals surface area contributed by atoms with Gasteiger partial charge in [0.05, 0.1) is 18.4 Å². The van der Waals surface area contributed by atoms with Crippen molar-refractivity contribution in [1.29, 1.82) is 5.41 Å². The molecule has 1 aliphatic heterocycles. The first kappa shape index (κ1) is 16.1. The van der Waals surface area contributed by atoms with Crippen LogP contribution in [0.2, 0.25) is 0 Å². The topological polar surface area (TPSA) is 74.5 Å². The maximum absolute atomic E-state index is 13.4. The van der Waals surface area contributed by atoms with Crippen LogP contribution in [0.1, 0.15) is 13.3 Å². The van der Waals surface area contributed by atoms with Gasteiger partial charge in [-0.1, -0.05) is 0 Å². The molecule has 0 saturated carbocycles. The number of alkyl halides is 1. The zero-order valence-corrected chi connectivity index (χ0v) is 10.6. The zero-order chi connectivity index (χ0) is 15.3. The monoisotopic (exact) mass is 295 g/mol. The van der Waals surface area contributed by atoms with Crippen LogP contribution in [0, 0.1) is 11.3 Å². The molecule has 1 rings (SSSR count). The molecule has 20 heavy (non-hydrogen) atoms. The Bertz CT molecular complexity index is 465. The standard InChI is InChI=1S/C11H13F4N3O2/c1-2-20-7(19)4-17-6(16)3-5-8(12)10(14)18-11(15)9(5)13/h5,8H,2-4H2,1H3,(H2,16,17). The van der Waals surface area contributed by atoms with Gasteiger partial charge in [0.15, 0.2) is 12.0 Å². The Kier molecular flexibility index (Phi) is 5.66. The number of nitrogens with one attached hydrogen (secondary N) is 2. The number of aliphatic imine (C=N–C) groups is 1. The Morgan fingerprint density at radius 3 is 2.70 bits per heavy atom. The molecule has 1 aliphatic rings. The first-order valence-corrected chi connectivity index (χ1v) is 5.77. The van der Waals surface area contributed by atoms with Gasteiger partial charge in [0.25, 0.3) is 0 Å². The third-order valence-corrected chi connectivity index (χ3v) is 2.48. The molecule has 0 saturated heterocycles. The van der Waals surface area contributed by atoms with Gasteiger partial charge in [0.2, 0.25) is 11.9 Å². The predicted molar refractivity (Wildman–Crippen MR) is 63.2 cm³/mol. The van der Waals surface area contributed by atoms with E-state index in [9.17, 15) is 22.4 Å². The first-order chi connectivity index (χ1) is 9.36. The number of esters is 1. The summed E-state index contributed by atoms with van der Waals surface area (Å²) in [5, 5.41) is 9.66. The molecule has 0 aromatic rings. The maximum Gasteiger partial charge on any atom is 0.325 e. The van der Waals surface area contributed by atoms with Crippen molar-refractivity contribution >= 4 is 17.8 Å². The number of halogens is 4. The van der Waals surface area contributed by atoms with Crippen LogP contribution in [-0.2, 0) is 9.53 Å². The van der Waals surface area contributed by atoms with Crippen molar-refractivity contribution in [2.75, 3.05) is 13.2 Å². The molecule has 0 fully saturated rings. The molecule has 0 amide bonds. The van der Waals surface area contributed by atoms with Gasteiger partial charge in [-0.2, -0.15) is 13.8 Å². The van der Waals surface area contributed by atoms with E-state index in [4.69, 9.17) is 5.41 Å². The molecule has 0 aliphatic carbocycles. The number of allylic oxidation sites excluding steroid dienone is 1. The van der Waals surface area contributed by atoms with E-state index in [-0.39, 0.29) is 13.2 Å². The van der Waals surface area contributed by atoms with Crippen molar-refractivity contribution in [2.24, 2.45) is 10.9 Å². The Hall–Kier alpha value is -1.93. The maximum atomic E-state index is 13.4. The molecule has 2 unspecified atom stereocenters. The molecular formula is C11H13F4N3O2. The molecule has 0 radical (unpaired) electrons. The fourth-order valence-corrected chi connectivity index (χ4v) is 1.53. The quantitative estimate of drug-likeness (QED) is 0.268. The lowest BCUT2D eigenvalue weighted by Gasteiger charge is -2.21. The van der Waals surface area contributed by atoms with Crippen LogP contribution in [0.5, 0.6) is 0 Å². The van der Waals surface area contributed by atoms with E-state index in [1.165, 1.54) is 0 Å². The second-order valence-electron chi connectivity index (χ2n) is 3.92. The van der Waals surface area contributed by atoms with Crippen LogP contribution in [0.4, 0.5) is 17.6 Å². The van der Waals surface area contributed by atoms with Crippen molar-refractivity contribution in [1.82, 2.24) is 5.32 Å². The minimum atomic E-state index is -2.46. The molecule has 0 aromatic heterocycles. The highest BCUT2D eigenvalue weighted by molar-refractivity contribution is 5.87. The minimum Gasteiger partial charge on any atom is -0.465 e. The Morgan fingerprint density at radius 1 is 1.45 bits per heavy atom. The summed E-state index contributed by atoms with van der Waals surface area (Å²) in [6, 6.07) is 0. The van der Waals surface area contributed by atoms with Crippen molar-refractivity contribution < 1.29 is 27.1 Å². The summed E-state index contributed by atoms with van der Waals surface area (Å²) in [6.07, 6.45) is -3.10. The number of carbonyl (C=O) groups is 1. The highest BCUT2D eigenvalue weighted by atomic mass is 19.2. The lowest BCUT2D eigenvalue weighted by atomic mass is 9.96. The molecule has 0 bridgehead atoms. The number of hydrogen-bond donors (Lipinski definition) is 2. The smallest absolute Gasteiger partial charge is 0.325 e.